The van der Waals surface area contributed by atoms with Gasteiger partial charge in [0.05, 0.1) is 11.7 Å². The number of nitrogens with one attached hydrogen (secondary N) is 1. The minimum absolute atomic E-state index is 0.0421. The van der Waals surface area contributed by atoms with Crippen molar-refractivity contribution in [2.75, 3.05) is 28.2 Å². The van der Waals surface area contributed by atoms with Gasteiger partial charge in [-0.2, -0.15) is 0 Å². The van der Waals surface area contributed by atoms with E-state index in [1.807, 2.05) is 0 Å². The van der Waals surface area contributed by atoms with Gasteiger partial charge in [0.15, 0.2) is 11.5 Å². The van der Waals surface area contributed by atoms with Crippen LogP contribution in [0.4, 0.5) is 22.1 Å². The second kappa shape index (κ2) is 5.99. The van der Waals surface area contributed by atoms with E-state index >= 15 is 0 Å². The summed E-state index contributed by atoms with van der Waals surface area (Å²) in [5.41, 5.74) is 0.693. The van der Waals surface area contributed by atoms with Crippen LogP contribution in [0, 0.1) is 0 Å². The highest BCUT2D eigenvalue weighted by Crippen LogP contribution is 2.39. The summed E-state index contributed by atoms with van der Waals surface area (Å²) in [5, 5.41) is 12.0. The number of carbonyl (C=O) groups excluding carboxylic acids is 1. The van der Waals surface area contributed by atoms with E-state index in [1.54, 1.807) is 29.3 Å². The topological polar surface area (TPSA) is 98.7 Å². The summed E-state index contributed by atoms with van der Waals surface area (Å²) in [6.45, 7) is 1.52. The predicted molar refractivity (Wildman–Crippen MR) is 95.2 cm³/mol. The smallest absolute Gasteiger partial charge is 0.354 e. The number of aromatic carboxylic acids is 1. The van der Waals surface area contributed by atoms with Gasteiger partial charge in [-0.1, -0.05) is 0 Å². The largest absolute Gasteiger partial charge is 0.477 e. The molecule has 25 heavy (non-hydrogen) atoms. The first-order valence-corrected chi connectivity index (χ1v) is 8.53. The Kier molecular flexibility index (Phi) is 3.79. The highest BCUT2D eigenvalue weighted by Gasteiger charge is 2.40. The molecule has 0 unspecified atom stereocenters. The molecule has 2 bridgehead atoms. The number of aromatic nitrogens is 2. The van der Waals surface area contributed by atoms with Crippen LogP contribution in [0.1, 0.15) is 16.9 Å². The van der Waals surface area contributed by atoms with Crippen molar-refractivity contribution in [3.63, 3.8) is 0 Å². The van der Waals surface area contributed by atoms with Gasteiger partial charge < -0.3 is 10.0 Å². The minimum Gasteiger partial charge on any atom is -0.477 e. The standard InChI is InChI=1S/C16H14BrN5O3/c17-9-1-4-13(18-7-9)20-16(25)22-10-5-6-21(8-10)12-3-2-11(15(23)24)19-14(12)22/h1-4,7,10H,5-6,8H2,(H,23,24)(H,18,20,25)/t10-/m0/s1. The Balaban J connectivity index is 1.69. The Labute approximate surface area is 151 Å². The van der Waals surface area contributed by atoms with E-state index in [0.717, 1.165) is 23.1 Å². The number of fused-ring (bicyclic) bond motifs is 4. The molecule has 0 aromatic carbocycles. The van der Waals surface area contributed by atoms with Crippen molar-refractivity contribution in [1.82, 2.24) is 9.97 Å². The summed E-state index contributed by atoms with van der Waals surface area (Å²) in [4.78, 5) is 36.1. The highest BCUT2D eigenvalue weighted by molar-refractivity contribution is 9.10. The Hall–Kier alpha value is -2.68. The molecule has 1 atom stereocenters. The summed E-state index contributed by atoms with van der Waals surface area (Å²) < 4.78 is 0.813. The molecule has 4 heterocycles. The van der Waals surface area contributed by atoms with Crippen molar-refractivity contribution in [1.29, 1.82) is 0 Å². The maximum atomic E-state index is 12.8. The number of nitrogens with zero attached hydrogens (tertiary/aromatic N) is 4. The van der Waals surface area contributed by atoms with Crippen molar-refractivity contribution < 1.29 is 14.7 Å². The number of carboxylic acid groups (broad SMARTS) is 1. The molecule has 4 rings (SSSR count). The zero-order valence-electron chi connectivity index (χ0n) is 13.0. The van der Waals surface area contributed by atoms with Gasteiger partial charge in [0.2, 0.25) is 0 Å². The third-order valence-electron chi connectivity index (χ3n) is 4.35. The second-order valence-electron chi connectivity index (χ2n) is 5.89. The maximum Gasteiger partial charge on any atom is 0.354 e. The van der Waals surface area contributed by atoms with Gasteiger partial charge in [0.25, 0.3) is 0 Å². The van der Waals surface area contributed by atoms with Crippen LogP contribution in [-0.4, -0.2) is 46.2 Å². The summed E-state index contributed by atoms with van der Waals surface area (Å²) in [6, 6.07) is 6.24. The van der Waals surface area contributed by atoms with Gasteiger partial charge in [-0.15, -0.1) is 0 Å². The van der Waals surface area contributed by atoms with Crippen LogP contribution in [0.25, 0.3) is 0 Å². The molecule has 2 amide bonds. The predicted octanol–water partition coefficient (Wildman–Crippen LogP) is 2.57. The molecule has 1 fully saturated rings. The van der Waals surface area contributed by atoms with Crippen LogP contribution < -0.4 is 15.1 Å². The zero-order valence-corrected chi connectivity index (χ0v) is 14.6. The van der Waals surface area contributed by atoms with Crippen LogP contribution >= 0.6 is 15.9 Å². The number of pyridine rings is 2. The van der Waals surface area contributed by atoms with Crippen LogP contribution in [0.5, 0.6) is 0 Å². The fourth-order valence-electron chi connectivity index (χ4n) is 3.21. The quantitative estimate of drug-likeness (QED) is 0.799. The fraction of sp³-hybridized carbons (Fsp3) is 0.250. The average molecular weight is 404 g/mol. The number of anilines is 3. The van der Waals surface area contributed by atoms with Gasteiger partial charge in [-0.3, -0.25) is 10.2 Å². The molecule has 2 aliphatic rings. The zero-order chi connectivity index (χ0) is 17.6. The number of hydrogen-bond acceptors (Lipinski definition) is 5. The molecule has 0 aliphatic carbocycles. The molecule has 1 saturated heterocycles. The molecule has 128 valence electrons. The van der Waals surface area contributed by atoms with Gasteiger partial charge in [0.1, 0.15) is 5.82 Å². The third-order valence-corrected chi connectivity index (χ3v) is 4.82. The van der Waals surface area contributed by atoms with Crippen LogP contribution in [0.2, 0.25) is 0 Å². The first kappa shape index (κ1) is 15.8. The fourth-order valence-corrected chi connectivity index (χ4v) is 3.44. The highest BCUT2D eigenvalue weighted by atomic mass is 79.9. The lowest BCUT2D eigenvalue weighted by Crippen LogP contribution is -2.48. The van der Waals surface area contributed by atoms with E-state index in [9.17, 15) is 14.7 Å². The summed E-state index contributed by atoms with van der Waals surface area (Å²) in [5.74, 6) is -0.321. The van der Waals surface area contributed by atoms with Crippen molar-refractivity contribution >= 4 is 45.3 Å². The molecule has 2 aromatic rings. The maximum absolute atomic E-state index is 12.8. The van der Waals surface area contributed by atoms with Crippen LogP contribution in [0.15, 0.2) is 34.9 Å². The molecular formula is C16H14BrN5O3. The molecule has 2 aromatic heterocycles. The SMILES string of the molecule is O=C(O)c1ccc2c(n1)N(C(=O)Nc1ccc(Br)cn1)[C@H]1CCN2C1. The molecule has 0 spiro atoms. The monoisotopic (exact) mass is 403 g/mol. The first-order valence-electron chi connectivity index (χ1n) is 7.74. The van der Waals surface area contributed by atoms with E-state index < -0.39 is 5.97 Å². The molecule has 8 nitrogen and oxygen atoms in total. The molecule has 0 saturated carbocycles. The van der Waals surface area contributed by atoms with Crippen molar-refractivity contribution in [2.24, 2.45) is 0 Å². The van der Waals surface area contributed by atoms with Crippen LogP contribution in [-0.2, 0) is 0 Å². The van der Waals surface area contributed by atoms with Gasteiger partial charge in [0, 0.05) is 23.8 Å². The lowest BCUT2D eigenvalue weighted by atomic mass is 10.2. The lowest BCUT2D eigenvalue weighted by Gasteiger charge is -2.35. The average Bonchev–Trinajstić information content (AvgIpc) is 3.01. The van der Waals surface area contributed by atoms with E-state index in [1.165, 1.54) is 6.07 Å². The van der Waals surface area contributed by atoms with Crippen LogP contribution in [0.3, 0.4) is 0 Å². The summed E-state index contributed by atoms with van der Waals surface area (Å²) >= 11 is 3.30. The number of hydrogen-bond donors (Lipinski definition) is 2. The van der Waals surface area contributed by atoms with Crippen molar-refractivity contribution in [3.8, 4) is 0 Å². The normalized spacial score (nSPS) is 18.0. The Morgan fingerprint density at radius 2 is 2.12 bits per heavy atom. The molecule has 0 radical (unpaired) electrons. The van der Waals surface area contributed by atoms with Gasteiger partial charge in [-0.05, 0) is 46.6 Å². The molecule has 2 aliphatic heterocycles. The molecular weight excluding hydrogens is 390 g/mol. The van der Waals surface area contributed by atoms with E-state index in [-0.39, 0.29) is 17.8 Å². The van der Waals surface area contributed by atoms with Gasteiger partial charge >= 0.3 is 12.0 Å². The third kappa shape index (κ3) is 2.80. The number of urea groups is 1. The minimum atomic E-state index is -1.12. The van der Waals surface area contributed by atoms with Crippen molar-refractivity contribution in [3.05, 3.63) is 40.6 Å². The first-order chi connectivity index (χ1) is 12.0. The van der Waals surface area contributed by atoms with Gasteiger partial charge in [-0.25, -0.2) is 19.6 Å². The Morgan fingerprint density at radius 1 is 1.28 bits per heavy atom. The van der Waals surface area contributed by atoms with E-state index in [2.05, 4.69) is 36.1 Å². The number of amides is 2. The number of halogens is 1. The lowest BCUT2D eigenvalue weighted by molar-refractivity contribution is 0.0690. The Bertz CT molecular complexity index is 857. The van der Waals surface area contributed by atoms with Crippen molar-refractivity contribution in [2.45, 2.75) is 12.5 Å². The molecule has 2 N–H and O–H groups in total. The van der Waals surface area contributed by atoms with E-state index in [0.29, 0.717) is 18.2 Å². The summed E-state index contributed by atoms with van der Waals surface area (Å²) in [7, 11) is 0. The Morgan fingerprint density at radius 3 is 2.84 bits per heavy atom. The number of carbonyl (C=O) groups is 2. The van der Waals surface area contributed by atoms with E-state index in [4.69, 9.17) is 0 Å². The molecule has 9 heteroatoms. The second-order valence-corrected chi connectivity index (χ2v) is 6.81. The number of rotatable bonds is 2. The summed E-state index contributed by atoms with van der Waals surface area (Å²) in [6.07, 6.45) is 2.40. The number of carboxylic acids is 1.